The van der Waals surface area contributed by atoms with Gasteiger partial charge in [-0.05, 0) is 83.6 Å². The van der Waals surface area contributed by atoms with Crippen LogP contribution in [0, 0.1) is 0 Å². The standard InChI is InChI=1S/C38H44N4O4P2/c1-37(2,3)33-27-29(43-7)25-31(35(33)45-47(39-17-9-10-18-39)40-19-11-12-20-40)32-26-30(44-8)28-34(38(4,5)6)36(32)46-48(41-21-13-14-22-41)42-23-15-16-24-42/h9-28H,1-8H3. The number of aromatic nitrogens is 4. The van der Waals surface area contributed by atoms with E-state index >= 15 is 0 Å². The van der Waals surface area contributed by atoms with Crippen LogP contribution in [0.1, 0.15) is 52.7 Å². The van der Waals surface area contributed by atoms with Gasteiger partial charge in [0.2, 0.25) is 0 Å². The van der Waals surface area contributed by atoms with Crippen LogP contribution in [0.25, 0.3) is 11.1 Å². The molecule has 0 radical (unpaired) electrons. The molecule has 0 amide bonds. The van der Waals surface area contributed by atoms with Crippen LogP contribution in [-0.2, 0) is 10.8 Å². The van der Waals surface area contributed by atoms with Gasteiger partial charge < -0.3 is 18.5 Å². The first-order valence-electron chi connectivity index (χ1n) is 15.9. The second-order valence-corrected chi connectivity index (χ2v) is 16.8. The SMILES string of the molecule is COc1cc(-c2cc(OC)cc(C(C)(C)C)c2OP(n2cccc2)n2cccc2)c(OP(n2cccc2)n2cccc2)c(C(C)(C)C)c1. The average Bonchev–Trinajstić information content (AvgIpc) is 3.89. The topological polar surface area (TPSA) is 56.6 Å². The Hall–Kier alpha value is -4.38. The zero-order valence-corrected chi connectivity index (χ0v) is 30.7. The summed E-state index contributed by atoms with van der Waals surface area (Å²) in [6, 6.07) is 24.5. The van der Waals surface area contributed by atoms with Crippen molar-refractivity contribution in [1.29, 1.82) is 0 Å². The van der Waals surface area contributed by atoms with E-state index < -0.39 is 16.9 Å². The van der Waals surface area contributed by atoms with Crippen LogP contribution >= 0.6 is 16.9 Å². The van der Waals surface area contributed by atoms with E-state index in [2.05, 4.69) is 83.2 Å². The minimum atomic E-state index is -1.35. The summed E-state index contributed by atoms with van der Waals surface area (Å²) in [6.45, 7) is 13.2. The quantitative estimate of drug-likeness (QED) is 0.128. The summed E-state index contributed by atoms with van der Waals surface area (Å²) in [5.41, 5.74) is 3.19. The molecule has 0 atom stereocenters. The molecule has 10 heteroatoms. The van der Waals surface area contributed by atoms with E-state index in [0.717, 1.165) is 45.3 Å². The molecule has 0 unspecified atom stereocenters. The number of hydrogen-bond donors (Lipinski definition) is 0. The number of methoxy groups -OCH3 is 2. The van der Waals surface area contributed by atoms with E-state index in [1.54, 1.807) is 14.2 Å². The fourth-order valence-corrected chi connectivity index (χ4v) is 8.60. The molecule has 250 valence electrons. The maximum Gasteiger partial charge on any atom is 0.317 e. The molecule has 48 heavy (non-hydrogen) atoms. The van der Waals surface area contributed by atoms with Gasteiger partial charge in [-0.3, -0.25) is 17.4 Å². The Morgan fingerprint density at radius 3 is 0.938 bits per heavy atom. The number of rotatable bonds is 11. The van der Waals surface area contributed by atoms with Crippen molar-refractivity contribution in [2.75, 3.05) is 14.2 Å². The Balaban J connectivity index is 1.66. The van der Waals surface area contributed by atoms with Crippen LogP contribution in [0.15, 0.2) is 122 Å². The van der Waals surface area contributed by atoms with Gasteiger partial charge in [-0.1, -0.05) is 41.5 Å². The van der Waals surface area contributed by atoms with Gasteiger partial charge in [0, 0.05) is 71.8 Å². The number of hydrogen-bond acceptors (Lipinski definition) is 4. The lowest BCUT2D eigenvalue weighted by molar-refractivity contribution is 0.410. The minimum Gasteiger partial charge on any atom is -0.497 e. The maximum absolute atomic E-state index is 7.28. The van der Waals surface area contributed by atoms with Gasteiger partial charge >= 0.3 is 16.9 Å². The van der Waals surface area contributed by atoms with Crippen LogP contribution in [0.2, 0.25) is 0 Å². The Bertz CT molecular complexity index is 1710. The van der Waals surface area contributed by atoms with E-state index in [1.165, 1.54) is 0 Å². The Labute approximate surface area is 286 Å². The fourth-order valence-electron chi connectivity index (χ4n) is 5.50. The van der Waals surface area contributed by atoms with Crippen molar-refractivity contribution in [3.8, 4) is 34.1 Å². The molecule has 0 aliphatic rings. The molecule has 0 bridgehead atoms. The van der Waals surface area contributed by atoms with Gasteiger partial charge in [-0.2, -0.15) is 0 Å². The highest BCUT2D eigenvalue weighted by atomic mass is 31.2. The molecular weight excluding hydrogens is 638 g/mol. The highest BCUT2D eigenvalue weighted by molar-refractivity contribution is 7.50. The Kier molecular flexibility index (Phi) is 9.51. The van der Waals surface area contributed by atoms with Gasteiger partial charge in [0.25, 0.3) is 0 Å². The third kappa shape index (κ3) is 6.92. The third-order valence-corrected chi connectivity index (χ3v) is 11.3. The van der Waals surface area contributed by atoms with Crippen molar-refractivity contribution in [3.05, 3.63) is 133 Å². The lowest BCUT2D eigenvalue weighted by Gasteiger charge is -2.31. The molecule has 8 nitrogen and oxygen atoms in total. The Morgan fingerprint density at radius 1 is 0.438 bits per heavy atom. The van der Waals surface area contributed by atoms with Gasteiger partial charge in [0.15, 0.2) is 0 Å². The first-order valence-corrected chi connectivity index (χ1v) is 18.3. The van der Waals surface area contributed by atoms with Gasteiger partial charge in [0.1, 0.15) is 23.0 Å². The van der Waals surface area contributed by atoms with Crippen LogP contribution in [-0.4, -0.2) is 31.6 Å². The minimum absolute atomic E-state index is 0.289. The van der Waals surface area contributed by atoms with Crippen LogP contribution in [0.5, 0.6) is 23.0 Å². The van der Waals surface area contributed by atoms with E-state index in [-0.39, 0.29) is 10.8 Å². The lowest BCUT2D eigenvalue weighted by Crippen LogP contribution is -2.17. The van der Waals surface area contributed by atoms with Crippen LogP contribution in [0.3, 0.4) is 0 Å². The molecule has 4 aromatic heterocycles. The first-order chi connectivity index (χ1) is 23.0. The summed E-state index contributed by atoms with van der Waals surface area (Å²) < 4.78 is 35.0. The summed E-state index contributed by atoms with van der Waals surface area (Å²) in [4.78, 5) is 0. The molecule has 6 aromatic rings. The summed E-state index contributed by atoms with van der Waals surface area (Å²) in [6.07, 6.45) is 16.4. The Morgan fingerprint density at radius 2 is 0.708 bits per heavy atom. The van der Waals surface area contributed by atoms with E-state index in [4.69, 9.17) is 18.5 Å². The highest BCUT2D eigenvalue weighted by Gasteiger charge is 2.33. The van der Waals surface area contributed by atoms with Gasteiger partial charge in [-0.15, -0.1) is 0 Å². The lowest BCUT2D eigenvalue weighted by atomic mass is 9.81. The average molecular weight is 683 g/mol. The monoisotopic (exact) mass is 682 g/mol. The van der Waals surface area contributed by atoms with Gasteiger partial charge in [0.05, 0.1) is 14.2 Å². The van der Waals surface area contributed by atoms with Crippen molar-refractivity contribution in [1.82, 2.24) is 17.4 Å². The van der Waals surface area contributed by atoms with Crippen molar-refractivity contribution < 1.29 is 18.5 Å². The second kappa shape index (κ2) is 13.6. The molecule has 4 heterocycles. The predicted molar refractivity (Wildman–Crippen MR) is 197 cm³/mol. The van der Waals surface area contributed by atoms with E-state index in [1.807, 2.05) is 98.1 Å². The molecule has 0 fully saturated rings. The number of ether oxygens (including phenoxy) is 2. The smallest absolute Gasteiger partial charge is 0.317 e. The van der Waals surface area contributed by atoms with Crippen molar-refractivity contribution >= 4 is 16.9 Å². The van der Waals surface area contributed by atoms with Gasteiger partial charge in [-0.25, -0.2) is 0 Å². The number of benzene rings is 2. The third-order valence-electron chi connectivity index (χ3n) is 7.99. The van der Waals surface area contributed by atoms with E-state index in [0.29, 0.717) is 0 Å². The zero-order valence-electron chi connectivity index (χ0n) is 28.9. The van der Waals surface area contributed by atoms with Crippen molar-refractivity contribution in [2.24, 2.45) is 0 Å². The molecular formula is C38H44N4O4P2. The molecule has 0 saturated heterocycles. The highest BCUT2D eigenvalue weighted by Crippen LogP contribution is 2.55. The first kappa shape index (κ1) is 33.5. The largest absolute Gasteiger partial charge is 0.497 e. The number of nitrogens with zero attached hydrogens (tertiary/aromatic N) is 4. The summed E-state index contributed by atoms with van der Waals surface area (Å²) in [5.74, 6) is 3.00. The molecule has 0 spiro atoms. The summed E-state index contributed by atoms with van der Waals surface area (Å²) in [7, 11) is 0.720. The molecule has 2 aromatic carbocycles. The zero-order chi connectivity index (χ0) is 34.1. The fraction of sp³-hybridized carbons (Fsp3) is 0.263. The molecule has 0 N–H and O–H groups in total. The second-order valence-electron chi connectivity index (χ2n) is 13.5. The van der Waals surface area contributed by atoms with E-state index in [9.17, 15) is 0 Å². The van der Waals surface area contributed by atoms with Crippen molar-refractivity contribution in [2.45, 2.75) is 52.4 Å². The van der Waals surface area contributed by atoms with Crippen LogP contribution in [0.4, 0.5) is 0 Å². The molecule has 0 saturated carbocycles. The van der Waals surface area contributed by atoms with Crippen LogP contribution < -0.4 is 18.5 Å². The molecule has 0 aliphatic carbocycles. The predicted octanol–water partition coefficient (Wildman–Crippen LogP) is 10.6. The maximum atomic E-state index is 7.28. The molecule has 6 rings (SSSR count). The summed E-state index contributed by atoms with van der Waals surface area (Å²) >= 11 is 0. The van der Waals surface area contributed by atoms with Crippen molar-refractivity contribution in [3.63, 3.8) is 0 Å². The normalized spacial score (nSPS) is 12.1. The molecule has 0 aliphatic heterocycles. The summed E-state index contributed by atoms with van der Waals surface area (Å²) in [5, 5.41) is 0.